The largest absolute Gasteiger partial charge is 0.396 e. The zero-order valence-corrected chi connectivity index (χ0v) is 12.0. The van der Waals surface area contributed by atoms with Crippen LogP contribution in [0.2, 0.25) is 0 Å². The van der Waals surface area contributed by atoms with Crippen molar-refractivity contribution in [1.29, 1.82) is 0 Å². The fraction of sp³-hybridized carbons (Fsp3) is 0.692. The third-order valence-corrected chi connectivity index (χ3v) is 5.61. The molecule has 4 nitrogen and oxygen atoms in total. The van der Waals surface area contributed by atoms with E-state index in [-0.39, 0.29) is 19.1 Å². The third kappa shape index (κ3) is 3.43. The van der Waals surface area contributed by atoms with E-state index in [0.29, 0.717) is 6.42 Å². The second-order valence-corrected chi connectivity index (χ2v) is 8.10. The molecule has 0 fully saturated rings. The summed E-state index contributed by atoms with van der Waals surface area (Å²) in [7, 11) is -3.41. The zero-order valence-electron chi connectivity index (χ0n) is 11.2. The van der Waals surface area contributed by atoms with E-state index in [9.17, 15) is 8.42 Å². The molecule has 104 valence electrons. The molecular formula is C13H22O4S. The molecule has 0 amide bonds. The van der Waals surface area contributed by atoms with Gasteiger partial charge in [-0.3, -0.25) is 0 Å². The van der Waals surface area contributed by atoms with Gasteiger partial charge in [0.05, 0.1) is 11.4 Å². The summed E-state index contributed by atoms with van der Waals surface area (Å²) in [6, 6.07) is 0. The molecule has 0 heterocycles. The second kappa shape index (κ2) is 5.99. The Balaban J connectivity index is 2.90. The highest BCUT2D eigenvalue weighted by Gasteiger charge is 2.41. The Morgan fingerprint density at radius 3 is 2.28 bits per heavy atom. The van der Waals surface area contributed by atoms with Gasteiger partial charge >= 0.3 is 0 Å². The maximum atomic E-state index is 12.5. The number of hydrogen-bond donors (Lipinski definition) is 1. The first kappa shape index (κ1) is 15.4. The fourth-order valence-corrected chi connectivity index (χ4v) is 3.22. The Hall–Kier alpha value is -0.650. The summed E-state index contributed by atoms with van der Waals surface area (Å²) in [6.07, 6.45) is 7.74. The molecule has 5 heteroatoms. The lowest BCUT2D eigenvalue weighted by atomic mass is 10.2. The number of allylic oxidation sites excluding steroid dienone is 2. The van der Waals surface area contributed by atoms with Gasteiger partial charge in [-0.15, -0.1) is 0 Å². The molecule has 18 heavy (non-hydrogen) atoms. The molecule has 0 saturated heterocycles. The molecule has 0 aromatic rings. The van der Waals surface area contributed by atoms with Crippen LogP contribution in [0.1, 0.15) is 27.2 Å². The Kier molecular flexibility index (Phi) is 5.13. The molecule has 0 saturated carbocycles. The monoisotopic (exact) mass is 274 g/mol. The van der Waals surface area contributed by atoms with Gasteiger partial charge in [0.15, 0.2) is 15.3 Å². The highest BCUT2D eigenvalue weighted by molar-refractivity contribution is 7.93. The lowest BCUT2D eigenvalue weighted by molar-refractivity contribution is 0.0768. The summed E-state index contributed by atoms with van der Waals surface area (Å²) in [5, 5.41) is 8.75. The van der Waals surface area contributed by atoms with Crippen molar-refractivity contribution in [1.82, 2.24) is 0 Å². The number of aliphatic hydroxyl groups excluding tert-OH is 1. The summed E-state index contributed by atoms with van der Waals surface area (Å²) < 4.78 is 29.6. The van der Waals surface area contributed by atoms with E-state index >= 15 is 0 Å². The average molecular weight is 274 g/mol. The van der Waals surface area contributed by atoms with Crippen molar-refractivity contribution in [2.45, 2.75) is 37.4 Å². The minimum Gasteiger partial charge on any atom is -0.396 e. The quantitative estimate of drug-likeness (QED) is 0.748. The van der Waals surface area contributed by atoms with Crippen LogP contribution in [-0.4, -0.2) is 36.9 Å². The van der Waals surface area contributed by atoms with Crippen molar-refractivity contribution in [2.75, 3.05) is 13.2 Å². The molecule has 0 bridgehead atoms. The molecule has 1 rings (SSSR count). The molecule has 0 spiro atoms. The van der Waals surface area contributed by atoms with Gasteiger partial charge in [-0.2, -0.15) is 0 Å². The second-order valence-electron chi connectivity index (χ2n) is 5.32. The van der Waals surface area contributed by atoms with E-state index in [1.54, 1.807) is 20.8 Å². The normalized spacial score (nSPS) is 18.4. The van der Waals surface area contributed by atoms with Gasteiger partial charge in [-0.1, -0.05) is 24.3 Å². The van der Waals surface area contributed by atoms with Gasteiger partial charge in [0.2, 0.25) is 0 Å². The van der Waals surface area contributed by atoms with Crippen molar-refractivity contribution in [3.8, 4) is 0 Å². The summed E-state index contributed by atoms with van der Waals surface area (Å²) in [5.74, 6) is -0.243. The zero-order chi connectivity index (χ0) is 13.8. The maximum absolute atomic E-state index is 12.5. The van der Waals surface area contributed by atoms with Gasteiger partial charge in [-0.05, 0) is 27.2 Å². The van der Waals surface area contributed by atoms with Crippen LogP contribution in [0.5, 0.6) is 0 Å². The number of sulfone groups is 1. The van der Waals surface area contributed by atoms with E-state index in [1.807, 2.05) is 24.3 Å². The van der Waals surface area contributed by atoms with Crippen LogP contribution in [0.25, 0.3) is 0 Å². The number of hydrogen-bond acceptors (Lipinski definition) is 4. The van der Waals surface area contributed by atoms with Crippen LogP contribution in [-0.2, 0) is 14.6 Å². The minimum atomic E-state index is -3.41. The Bertz CT molecular complexity index is 403. The van der Waals surface area contributed by atoms with Crippen LogP contribution >= 0.6 is 0 Å². The Morgan fingerprint density at radius 2 is 1.83 bits per heavy atom. The van der Waals surface area contributed by atoms with Crippen molar-refractivity contribution >= 4 is 9.84 Å². The number of aliphatic hydroxyl groups is 1. The minimum absolute atomic E-state index is 0.00136. The summed E-state index contributed by atoms with van der Waals surface area (Å²) in [4.78, 5) is 0. The molecule has 0 radical (unpaired) electrons. The number of ether oxygens (including phenoxy) is 1. The highest BCUT2D eigenvalue weighted by atomic mass is 32.2. The Labute approximate surface area is 109 Å². The first-order valence-electron chi connectivity index (χ1n) is 6.11. The van der Waals surface area contributed by atoms with Crippen LogP contribution in [0.4, 0.5) is 0 Å². The summed E-state index contributed by atoms with van der Waals surface area (Å²) in [5.41, 5.74) is -0.876. The molecule has 1 aliphatic carbocycles. The van der Waals surface area contributed by atoms with Crippen LogP contribution in [0, 0.1) is 5.92 Å². The first-order chi connectivity index (χ1) is 8.30. The molecule has 1 N–H and O–H groups in total. The van der Waals surface area contributed by atoms with Crippen molar-refractivity contribution < 1.29 is 18.3 Å². The van der Waals surface area contributed by atoms with E-state index in [4.69, 9.17) is 9.84 Å². The standard InChI is InChI=1S/C13H22O4S/c1-13(2,3)18(15,16)12(17-10-6-9-14)11-7-4-5-8-11/h4-5,7-8,11-12,14H,6,9-10H2,1-3H3. The van der Waals surface area contributed by atoms with Crippen LogP contribution in [0.3, 0.4) is 0 Å². The molecule has 1 atom stereocenters. The predicted octanol–water partition coefficient (Wildman–Crippen LogP) is 1.67. The van der Waals surface area contributed by atoms with Gasteiger partial charge in [0.25, 0.3) is 0 Å². The fourth-order valence-electron chi connectivity index (χ4n) is 1.65. The molecule has 0 aromatic carbocycles. The van der Waals surface area contributed by atoms with E-state index < -0.39 is 20.0 Å². The lowest BCUT2D eigenvalue weighted by Crippen LogP contribution is -2.42. The smallest absolute Gasteiger partial charge is 0.182 e. The predicted molar refractivity (Wildman–Crippen MR) is 71.9 cm³/mol. The lowest BCUT2D eigenvalue weighted by Gasteiger charge is -2.29. The van der Waals surface area contributed by atoms with E-state index in [2.05, 4.69) is 0 Å². The molecule has 0 aromatic heterocycles. The van der Waals surface area contributed by atoms with Crippen LogP contribution < -0.4 is 0 Å². The van der Waals surface area contributed by atoms with Crippen molar-refractivity contribution in [2.24, 2.45) is 5.92 Å². The van der Waals surface area contributed by atoms with Crippen molar-refractivity contribution in [3.63, 3.8) is 0 Å². The topological polar surface area (TPSA) is 63.6 Å². The maximum Gasteiger partial charge on any atom is 0.182 e. The first-order valence-corrected chi connectivity index (χ1v) is 7.66. The van der Waals surface area contributed by atoms with Crippen molar-refractivity contribution in [3.05, 3.63) is 24.3 Å². The summed E-state index contributed by atoms with van der Waals surface area (Å²) >= 11 is 0. The van der Waals surface area contributed by atoms with Gasteiger partial charge in [0.1, 0.15) is 0 Å². The van der Waals surface area contributed by atoms with E-state index in [1.165, 1.54) is 0 Å². The molecule has 1 aliphatic rings. The van der Waals surface area contributed by atoms with Crippen LogP contribution in [0.15, 0.2) is 24.3 Å². The third-order valence-electron chi connectivity index (χ3n) is 2.84. The van der Waals surface area contributed by atoms with Gasteiger partial charge in [0, 0.05) is 12.5 Å². The molecular weight excluding hydrogens is 252 g/mol. The molecule has 1 unspecified atom stereocenters. The van der Waals surface area contributed by atoms with E-state index in [0.717, 1.165) is 0 Å². The van der Waals surface area contributed by atoms with Gasteiger partial charge < -0.3 is 9.84 Å². The molecule has 0 aliphatic heterocycles. The number of rotatable bonds is 6. The average Bonchev–Trinajstić information content (AvgIpc) is 2.75. The summed E-state index contributed by atoms with van der Waals surface area (Å²) in [6.45, 7) is 5.26. The highest BCUT2D eigenvalue weighted by Crippen LogP contribution is 2.29. The van der Waals surface area contributed by atoms with Gasteiger partial charge in [-0.25, -0.2) is 8.42 Å². The Morgan fingerprint density at radius 1 is 1.28 bits per heavy atom. The SMILES string of the molecule is CC(C)(C)S(=O)(=O)C(OCCCO)C1C=CC=C1.